The minimum absolute atomic E-state index is 0.230. The molecular formula is C27H28N2O5. The van der Waals surface area contributed by atoms with Gasteiger partial charge in [-0.25, -0.2) is 9.69 Å². The Balaban J connectivity index is 1.51. The number of carbonyl (C=O) groups excluding carboxylic acids is 4. The van der Waals surface area contributed by atoms with E-state index in [0.29, 0.717) is 30.7 Å². The third kappa shape index (κ3) is 4.64. The molecule has 1 heterocycles. The van der Waals surface area contributed by atoms with E-state index in [-0.39, 0.29) is 40.8 Å². The Morgan fingerprint density at radius 1 is 1.03 bits per heavy atom. The molecule has 3 amide bonds. The number of nitrogens with zero attached hydrogens (tertiary/aromatic N) is 1. The van der Waals surface area contributed by atoms with Gasteiger partial charge in [0.1, 0.15) is 0 Å². The van der Waals surface area contributed by atoms with Crippen LogP contribution in [-0.4, -0.2) is 30.3 Å². The Kier molecular flexibility index (Phi) is 6.63. The second-order valence-corrected chi connectivity index (χ2v) is 9.26. The molecule has 0 saturated carbocycles. The van der Waals surface area contributed by atoms with Gasteiger partial charge in [0.2, 0.25) is 11.8 Å². The van der Waals surface area contributed by atoms with Crippen LogP contribution in [0, 0.1) is 17.8 Å². The fourth-order valence-corrected chi connectivity index (χ4v) is 4.35. The summed E-state index contributed by atoms with van der Waals surface area (Å²) < 4.78 is 5.22. The van der Waals surface area contributed by atoms with E-state index in [1.54, 1.807) is 48.5 Å². The van der Waals surface area contributed by atoms with Gasteiger partial charge >= 0.3 is 5.97 Å². The van der Waals surface area contributed by atoms with Crippen molar-refractivity contribution in [2.45, 2.75) is 33.6 Å². The number of esters is 1. The standard InChI is InChI=1S/C27H28N2O5/c1-16(2)15-34-27(33)18-9-11-19(12-10-18)28-24(30)21-6-4-5-7-23(21)29-25(31)20-13-8-17(3)14-22(20)26(29)32/h4-12,16,20,22H,13-15H2,1-3H3,(H,28,30)/t20-,22+/m1/s1. The molecule has 1 fully saturated rings. The van der Waals surface area contributed by atoms with Gasteiger partial charge in [0.15, 0.2) is 0 Å². The van der Waals surface area contributed by atoms with Crippen molar-refractivity contribution in [2.24, 2.45) is 17.8 Å². The van der Waals surface area contributed by atoms with E-state index >= 15 is 0 Å². The number of ether oxygens (including phenoxy) is 1. The van der Waals surface area contributed by atoms with Gasteiger partial charge in [0.05, 0.1) is 35.3 Å². The molecule has 4 rings (SSSR count). The number of para-hydroxylation sites is 1. The average Bonchev–Trinajstić information content (AvgIpc) is 3.07. The summed E-state index contributed by atoms with van der Waals surface area (Å²) in [5.41, 5.74) is 2.49. The highest BCUT2D eigenvalue weighted by Gasteiger charge is 2.49. The molecule has 0 spiro atoms. The van der Waals surface area contributed by atoms with Gasteiger partial charge in [-0.15, -0.1) is 0 Å². The number of amides is 3. The van der Waals surface area contributed by atoms with Crippen LogP contribution in [-0.2, 0) is 14.3 Å². The predicted molar refractivity (Wildman–Crippen MR) is 128 cm³/mol. The zero-order chi connectivity index (χ0) is 24.4. The van der Waals surface area contributed by atoms with Crippen molar-refractivity contribution in [1.29, 1.82) is 0 Å². The van der Waals surface area contributed by atoms with Gasteiger partial charge in [0.25, 0.3) is 5.91 Å². The SMILES string of the molecule is CC1=CC[C@H]2C(=O)N(c3ccccc3C(=O)Nc3ccc(C(=O)OCC(C)C)cc3)C(=O)[C@H]2C1. The lowest BCUT2D eigenvalue weighted by molar-refractivity contribution is -0.122. The number of allylic oxidation sites excluding steroid dienone is 2. The molecule has 2 aromatic rings. The molecular weight excluding hydrogens is 432 g/mol. The Morgan fingerprint density at radius 3 is 2.41 bits per heavy atom. The van der Waals surface area contributed by atoms with Crippen LogP contribution in [0.1, 0.15) is 54.3 Å². The predicted octanol–water partition coefficient (Wildman–Crippen LogP) is 4.60. The van der Waals surface area contributed by atoms with Gasteiger partial charge in [-0.3, -0.25) is 14.4 Å². The normalized spacial score (nSPS) is 19.6. The molecule has 1 saturated heterocycles. The monoisotopic (exact) mass is 460 g/mol. The van der Waals surface area contributed by atoms with E-state index in [9.17, 15) is 19.2 Å². The molecule has 176 valence electrons. The highest BCUT2D eigenvalue weighted by atomic mass is 16.5. The average molecular weight is 461 g/mol. The van der Waals surface area contributed by atoms with E-state index < -0.39 is 11.9 Å². The Labute approximate surface area is 198 Å². The molecule has 2 atom stereocenters. The van der Waals surface area contributed by atoms with Crippen LogP contribution in [0.4, 0.5) is 11.4 Å². The fourth-order valence-electron chi connectivity index (χ4n) is 4.35. The lowest BCUT2D eigenvalue weighted by Gasteiger charge is -2.19. The first-order chi connectivity index (χ1) is 16.3. The summed E-state index contributed by atoms with van der Waals surface area (Å²) in [5.74, 6) is -1.91. The lowest BCUT2D eigenvalue weighted by Crippen LogP contribution is -2.33. The summed E-state index contributed by atoms with van der Waals surface area (Å²) in [6.45, 7) is 6.21. The molecule has 2 aromatic carbocycles. The van der Waals surface area contributed by atoms with Crippen LogP contribution < -0.4 is 10.2 Å². The summed E-state index contributed by atoms with van der Waals surface area (Å²) in [6, 6.07) is 13.0. The van der Waals surface area contributed by atoms with E-state index in [1.165, 1.54) is 4.90 Å². The molecule has 34 heavy (non-hydrogen) atoms. The summed E-state index contributed by atoms with van der Waals surface area (Å²) in [6.07, 6.45) is 3.11. The Bertz CT molecular complexity index is 1170. The van der Waals surface area contributed by atoms with Gasteiger partial charge in [-0.05, 0) is 62.1 Å². The number of benzene rings is 2. The molecule has 0 bridgehead atoms. The number of hydrogen-bond acceptors (Lipinski definition) is 5. The van der Waals surface area contributed by atoms with Crippen LogP contribution in [0.15, 0.2) is 60.2 Å². The molecule has 1 aliphatic heterocycles. The first kappa shape index (κ1) is 23.4. The van der Waals surface area contributed by atoms with Crippen molar-refractivity contribution in [3.63, 3.8) is 0 Å². The molecule has 1 N–H and O–H groups in total. The highest BCUT2D eigenvalue weighted by molar-refractivity contribution is 6.25. The van der Waals surface area contributed by atoms with Crippen molar-refractivity contribution in [1.82, 2.24) is 0 Å². The van der Waals surface area contributed by atoms with E-state index in [2.05, 4.69) is 5.32 Å². The van der Waals surface area contributed by atoms with Gasteiger partial charge in [0, 0.05) is 5.69 Å². The number of fused-ring (bicyclic) bond motifs is 1. The third-order valence-corrected chi connectivity index (χ3v) is 6.14. The molecule has 7 nitrogen and oxygen atoms in total. The zero-order valence-electron chi connectivity index (χ0n) is 19.5. The molecule has 0 aromatic heterocycles. The minimum Gasteiger partial charge on any atom is -0.462 e. The summed E-state index contributed by atoms with van der Waals surface area (Å²) in [7, 11) is 0. The van der Waals surface area contributed by atoms with Crippen molar-refractivity contribution in [3.8, 4) is 0 Å². The second-order valence-electron chi connectivity index (χ2n) is 9.26. The largest absolute Gasteiger partial charge is 0.462 e. The molecule has 2 aliphatic rings. The molecule has 1 aliphatic carbocycles. The maximum Gasteiger partial charge on any atom is 0.338 e. The van der Waals surface area contributed by atoms with Crippen molar-refractivity contribution < 1.29 is 23.9 Å². The van der Waals surface area contributed by atoms with Crippen LogP contribution in [0.25, 0.3) is 0 Å². The quantitative estimate of drug-likeness (QED) is 0.386. The van der Waals surface area contributed by atoms with Crippen molar-refractivity contribution in [2.75, 3.05) is 16.8 Å². The van der Waals surface area contributed by atoms with Gasteiger partial charge < -0.3 is 10.1 Å². The fraction of sp³-hybridized carbons (Fsp3) is 0.333. The number of nitrogens with one attached hydrogen (secondary N) is 1. The Hall–Kier alpha value is -3.74. The van der Waals surface area contributed by atoms with E-state index in [4.69, 9.17) is 4.74 Å². The smallest absolute Gasteiger partial charge is 0.338 e. The molecule has 0 unspecified atom stereocenters. The number of rotatable bonds is 6. The molecule has 0 radical (unpaired) electrons. The minimum atomic E-state index is -0.449. The first-order valence-electron chi connectivity index (χ1n) is 11.5. The summed E-state index contributed by atoms with van der Waals surface area (Å²) >= 11 is 0. The number of anilines is 2. The van der Waals surface area contributed by atoms with E-state index in [1.807, 2.05) is 26.8 Å². The topological polar surface area (TPSA) is 92.8 Å². The number of hydrogen-bond donors (Lipinski definition) is 1. The number of imide groups is 1. The summed E-state index contributed by atoms with van der Waals surface area (Å²) in [5, 5.41) is 2.79. The third-order valence-electron chi connectivity index (χ3n) is 6.14. The number of carbonyl (C=O) groups is 4. The van der Waals surface area contributed by atoms with Crippen molar-refractivity contribution >= 4 is 35.1 Å². The van der Waals surface area contributed by atoms with Gasteiger partial charge in [-0.2, -0.15) is 0 Å². The van der Waals surface area contributed by atoms with Crippen LogP contribution >= 0.6 is 0 Å². The maximum atomic E-state index is 13.1. The van der Waals surface area contributed by atoms with Gasteiger partial charge in [-0.1, -0.05) is 37.6 Å². The zero-order valence-corrected chi connectivity index (χ0v) is 19.5. The Morgan fingerprint density at radius 2 is 1.71 bits per heavy atom. The summed E-state index contributed by atoms with van der Waals surface area (Å²) in [4.78, 5) is 52.6. The van der Waals surface area contributed by atoms with Crippen molar-refractivity contribution in [3.05, 3.63) is 71.3 Å². The second kappa shape index (κ2) is 9.63. The van der Waals surface area contributed by atoms with Crippen LogP contribution in [0.3, 0.4) is 0 Å². The first-order valence-corrected chi connectivity index (χ1v) is 11.5. The highest BCUT2D eigenvalue weighted by Crippen LogP contribution is 2.40. The van der Waals surface area contributed by atoms with E-state index in [0.717, 1.165) is 5.57 Å². The maximum absolute atomic E-state index is 13.1. The lowest BCUT2D eigenvalue weighted by atomic mass is 9.82. The van der Waals surface area contributed by atoms with Crippen LogP contribution in [0.2, 0.25) is 0 Å². The molecule has 7 heteroatoms. The van der Waals surface area contributed by atoms with Crippen LogP contribution in [0.5, 0.6) is 0 Å².